The second-order valence-corrected chi connectivity index (χ2v) is 3.50. The normalized spacial score (nSPS) is 32.1. The lowest BCUT2D eigenvalue weighted by atomic mass is 9.86. The van der Waals surface area contributed by atoms with Crippen molar-refractivity contribution in [2.75, 3.05) is 6.79 Å². The molecular formula is C8H14O2. The molecule has 2 aliphatic rings. The Bertz CT molecular complexity index is 119. The molecule has 0 aromatic carbocycles. The molecule has 1 heterocycles. The van der Waals surface area contributed by atoms with Crippen LogP contribution in [0.25, 0.3) is 0 Å². The van der Waals surface area contributed by atoms with Gasteiger partial charge >= 0.3 is 0 Å². The molecule has 1 aliphatic heterocycles. The van der Waals surface area contributed by atoms with E-state index in [0.717, 1.165) is 18.8 Å². The van der Waals surface area contributed by atoms with Gasteiger partial charge in [-0.05, 0) is 18.8 Å². The molecule has 2 nitrogen and oxygen atoms in total. The fraction of sp³-hybridized carbons (Fsp3) is 1.00. The Kier molecular flexibility index (Phi) is 1.46. The first-order valence-corrected chi connectivity index (χ1v) is 4.09. The summed E-state index contributed by atoms with van der Waals surface area (Å²) in [6.45, 7) is 2.82. The smallest absolute Gasteiger partial charge is 0.174 e. The van der Waals surface area contributed by atoms with Crippen molar-refractivity contribution in [3.63, 3.8) is 0 Å². The molecule has 58 valence electrons. The first-order valence-electron chi connectivity index (χ1n) is 4.09. The molecule has 0 N–H and O–H groups in total. The monoisotopic (exact) mass is 142 g/mol. The highest BCUT2D eigenvalue weighted by Gasteiger charge is 2.42. The maximum atomic E-state index is 5.39. The van der Waals surface area contributed by atoms with Gasteiger partial charge in [-0.1, -0.05) is 6.92 Å². The van der Waals surface area contributed by atoms with Crippen LogP contribution in [0, 0.1) is 5.92 Å². The number of hydrogen-bond acceptors (Lipinski definition) is 2. The van der Waals surface area contributed by atoms with Gasteiger partial charge in [0.25, 0.3) is 0 Å². The van der Waals surface area contributed by atoms with E-state index in [9.17, 15) is 0 Å². The summed E-state index contributed by atoms with van der Waals surface area (Å²) in [5, 5.41) is 0. The van der Waals surface area contributed by atoms with E-state index in [2.05, 4.69) is 6.92 Å². The van der Waals surface area contributed by atoms with E-state index >= 15 is 0 Å². The summed E-state index contributed by atoms with van der Waals surface area (Å²) in [7, 11) is 0. The average molecular weight is 142 g/mol. The second kappa shape index (κ2) is 2.21. The first kappa shape index (κ1) is 6.62. The van der Waals surface area contributed by atoms with Gasteiger partial charge in [0.05, 0.1) is 0 Å². The van der Waals surface area contributed by atoms with Crippen molar-refractivity contribution < 1.29 is 9.47 Å². The van der Waals surface area contributed by atoms with Crippen LogP contribution in [0.3, 0.4) is 0 Å². The van der Waals surface area contributed by atoms with Gasteiger partial charge in [-0.15, -0.1) is 0 Å². The Morgan fingerprint density at radius 1 is 1.20 bits per heavy atom. The maximum Gasteiger partial charge on any atom is 0.174 e. The minimum absolute atomic E-state index is 0.119. The average Bonchev–Trinajstić information content (AvgIpc) is 1.86. The van der Waals surface area contributed by atoms with Crippen LogP contribution in [0.4, 0.5) is 0 Å². The molecular weight excluding hydrogens is 128 g/mol. The van der Waals surface area contributed by atoms with E-state index in [1.54, 1.807) is 0 Å². The van der Waals surface area contributed by atoms with Gasteiger partial charge in [0, 0.05) is 12.8 Å². The SMILES string of the molecule is CC1CCC2(CC1)OCO2. The molecule has 0 bridgehead atoms. The van der Waals surface area contributed by atoms with Crippen LogP contribution in [0.5, 0.6) is 0 Å². The molecule has 0 amide bonds. The lowest BCUT2D eigenvalue weighted by molar-refractivity contribution is -0.408. The molecule has 2 heteroatoms. The molecule has 1 spiro atoms. The lowest BCUT2D eigenvalue weighted by Crippen LogP contribution is -2.48. The second-order valence-electron chi connectivity index (χ2n) is 3.50. The Morgan fingerprint density at radius 2 is 1.80 bits per heavy atom. The Labute approximate surface area is 61.5 Å². The number of hydrogen-bond donors (Lipinski definition) is 0. The molecule has 10 heavy (non-hydrogen) atoms. The molecule has 1 saturated heterocycles. The Hall–Kier alpha value is -0.0800. The molecule has 0 aromatic heterocycles. The number of ether oxygens (including phenoxy) is 2. The van der Waals surface area contributed by atoms with Crippen LogP contribution in [0.15, 0.2) is 0 Å². The van der Waals surface area contributed by atoms with E-state index < -0.39 is 0 Å². The molecule has 2 rings (SSSR count). The van der Waals surface area contributed by atoms with Crippen molar-refractivity contribution in [3.05, 3.63) is 0 Å². The van der Waals surface area contributed by atoms with E-state index in [-0.39, 0.29) is 5.79 Å². The summed E-state index contributed by atoms with van der Waals surface area (Å²) >= 11 is 0. The minimum atomic E-state index is -0.119. The van der Waals surface area contributed by atoms with Gasteiger partial charge in [-0.25, -0.2) is 0 Å². The van der Waals surface area contributed by atoms with E-state index in [0.29, 0.717) is 6.79 Å². The highest BCUT2D eigenvalue weighted by atomic mass is 16.9. The topological polar surface area (TPSA) is 18.5 Å². The quantitative estimate of drug-likeness (QED) is 0.514. The zero-order valence-electron chi connectivity index (χ0n) is 6.43. The summed E-state index contributed by atoms with van der Waals surface area (Å²) in [5.74, 6) is 0.755. The standard InChI is InChI=1S/C8H14O2/c1-7-2-4-8(5-3-7)9-6-10-8/h7H,2-6H2,1H3. The summed E-state index contributed by atoms with van der Waals surface area (Å²) in [4.78, 5) is 0. The van der Waals surface area contributed by atoms with Gasteiger partial charge in [0.15, 0.2) is 12.6 Å². The third-order valence-electron chi connectivity index (χ3n) is 2.68. The highest BCUT2D eigenvalue weighted by molar-refractivity contribution is 4.80. The summed E-state index contributed by atoms with van der Waals surface area (Å²) in [5.41, 5.74) is 0. The van der Waals surface area contributed by atoms with Crippen molar-refractivity contribution in [2.45, 2.75) is 38.4 Å². The van der Waals surface area contributed by atoms with Crippen LogP contribution in [-0.4, -0.2) is 12.6 Å². The maximum absolute atomic E-state index is 5.39. The van der Waals surface area contributed by atoms with Crippen LogP contribution in [-0.2, 0) is 9.47 Å². The van der Waals surface area contributed by atoms with Crippen molar-refractivity contribution >= 4 is 0 Å². The molecule has 0 atom stereocenters. The minimum Gasteiger partial charge on any atom is -0.324 e. The lowest BCUT2D eigenvalue weighted by Gasteiger charge is -2.45. The first-order chi connectivity index (χ1) is 4.81. The molecule has 0 radical (unpaired) electrons. The predicted octanol–water partition coefficient (Wildman–Crippen LogP) is 1.90. The third kappa shape index (κ3) is 0.956. The van der Waals surface area contributed by atoms with E-state index in [1.807, 2.05) is 0 Å². The zero-order valence-corrected chi connectivity index (χ0v) is 6.43. The fourth-order valence-electron chi connectivity index (χ4n) is 1.72. The third-order valence-corrected chi connectivity index (χ3v) is 2.68. The van der Waals surface area contributed by atoms with E-state index in [4.69, 9.17) is 9.47 Å². The molecule has 2 fully saturated rings. The van der Waals surface area contributed by atoms with Crippen molar-refractivity contribution in [1.82, 2.24) is 0 Å². The Balaban J connectivity index is 1.90. The molecule has 1 saturated carbocycles. The molecule has 0 unspecified atom stereocenters. The van der Waals surface area contributed by atoms with Gasteiger partial charge in [0.1, 0.15) is 0 Å². The highest BCUT2D eigenvalue weighted by Crippen LogP contribution is 2.39. The van der Waals surface area contributed by atoms with Crippen molar-refractivity contribution in [3.8, 4) is 0 Å². The van der Waals surface area contributed by atoms with Gasteiger partial charge in [0.2, 0.25) is 0 Å². The van der Waals surface area contributed by atoms with E-state index in [1.165, 1.54) is 12.8 Å². The van der Waals surface area contributed by atoms with Gasteiger partial charge < -0.3 is 9.47 Å². The molecule has 0 aromatic rings. The fourth-order valence-corrected chi connectivity index (χ4v) is 1.72. The van der Waals surface area contributed by atoms with Crippen molar-refractivity contribution in [2.24, 2.45) is 5.92 Å². The van der Waals surface area contributed by atoms with Crippen LogP contribution < -0.4 is 0 Å². The summed E-state index contributed by atoms with van der Waals surface area (Å²) in [6.07, 6.45) is 4.74. The Morgan fingerprint density at radius 3 is 2.20 bits per heavy atom. The predicted molar refractivity (Wildman–Crippen MR) is 37.4 cm³/mol. The largest absolute Gasteiger partial charge is 0.324 e. The zero-order chi connectivity index (χ0) is 7.03. The van der Waals surface area contributed by atoms with Crippen LogP contribution in [0.1, 0.15) is 32.6 Å². The van der Waals surface area contributed by atoms with Crippen LogP contribution >= 0.6 is 0 Å². The summed E-state index contributed by atoms with van der Waals surface area (Å²) in [6, 6.07) is 0. The number of rotatable bonds is 0. The van der Waals surface area contributed by atoms with Gasteiger partial charge in [-0.3, -0.25) is 0 Å². The molecule has 1 aliphatic carbocycles. The summed E-state index contributed by atoms with van der Waals surface area (Å²) < 4.78 is 10.8. The van der Waals surface area contributed by atoms with Crippen molar-refractivity contribution in [1.29, 1.82) is 0 Å². The van der Waals surface area contributed by atoms with Crippen LogP contribution in [0.2, 0.25) is 0 Å². The van der Waals surface area contributed by atoms with Gasteiger partial charge in [-0.2, -0.15) is 0 Å².